The summed E-state index contributed by atoms with van der Waals surface area (Å²) in [7, 11) is 0. The smallest absolute Gasteiger partial charge is 0.312 e. The van der Waals surface area contributed by atoms with Crippen molar-refractivity contribution in [2.75, 3.05) is 6.61 Å². The lowest BCUT2D eigenvalue weighted by Gasteiger charge is -2.68. The SMILES string of the molecule is CCOC(=O)C12CC(c3cnccn3)(C1)C2. The van der Waals surface area contributed by atoms with Gasteiger partial charge in [-0.2, -0.15) is 0 Å². The molecule has 84 valence electrons. The standard InChI is InChI=1S/C12H14N2O2/c1-2-16-10(15)12-6-11(7-12,8-12)9-5-13-3-4-14-9/h3-5H,2,6-8H2,1H3. The highest BCUT2D eigenvalue weighted by Gasteiger charge is 2.73. The van der Waals surface area contributed by atoms with Gasteiger partial charge in [-0.15, -0.1) is 0 Å². The Hall–Kier alpha value is -1.45. The average Bonchev–Trinajstić information content (AvgIpc) is 2.15. The summed E-state index contributed by atoms with van der Waals surface area (Å²) >= 11 is 0. The number of hydrogen-bond donors (Lipinski definition) is 0. The number of aromatic nitrogens is 2. The number of hydrogen-bond acceptors (Lipinski definition) is 4. The van der Waals surface area contributed by atoms with Crippen LogP contribution in [-0.4, -0.2) is 22.5 Å². The van der Waals surface area contributed by atoms with Crippen molar-refractivity contribution >= 4 is 5.97 Å². The quantitative estimate of drug-likeness (QED) is 0.721. The Bertz CT molecular complexity index is 410. The van der Waals surface area contributed by atoms with Crippen molar-refractivity contribution in [3.8, 4) is 0 Å². The van der Waals surface area contributed by atoms with Gasteiger partial charge in [-0.05, 0) is 26.2 Å². The van der Waals surface area contributed by atoms with E-state index in [1.165, 1.54) is 0 Å². The first-order valence-corrected chi connectivity index (χ1v) is 5.65. The van der Waals surface area contributed by atoms with Gasteiger partial charge < -0.3 is 4.74 Å². The molecule has 4 rings (SSSR count). The van der Waals surface area contributed by atoms with Gasteiger partial charge in [0.25, 0.3) is 0 Å². The van der Waals surface area contributed by atoms with Crippen LogP contribution in [-0.2, 0) is 14.9 Å². The van der Waals surface area contributed by atoms with Crippen molar-refractivity contribution < 1.29 is 9.53 Å². The molecule has 0 aliphatic heterocycles. The van der Waals surface area contributed by atoms with Crippen molar-refractivity contribution in [2.45, 2.75) is 31.6 Å². The first kappa shape index (κ1) is 9.75. The summed E-state index contributed by atoms with van der Waals surface area (Å²) in [6.45, 7) is 2.32. The maximum atomic E-state index is 11.7. The van der Waals surface area contributed by atoms with E-state index < -0.39 is 0 Å². The van der Waals surface area contributed by atoms with Crippen LogP contribution in [0.1, 0.15) is 31.9 Å². The number of carbonyl (C=O) groups is 1. The van der Waals surface area contributed by atoms with Gasteiger partial charge >= 0.3 is 5.97 Å². The summed E-state index contributed by atoms with van der Waals surface area (Å²) in [5.74, 6) is -0.0271. The summed E-state index contributed by atoms with van der Waals surface area (Å²) in [6, 6.07) is 0. The highest BCUT2D eigenvalue weighted by Crippen LogP contribution is 2.73. The van der Waals surface area contributed by atoms with E-state index in [0.29, 0.717) is 6.61 Å². The van der Waals surface area contributed by atoms with Crippen molar-refractivity contribution in [3.05, 3.63) is 24.3 Å². The van der Waals surface area contributed by atoms with E-state index in [-0.39, 0.29) is 16.8 Å². The summed E-state index contributed by atoms with van der Waals surface area (Å²) in [5, 5.41) is 0. The van der Waals surface area contributed by atoms with Gasteiger partial charge in [0.1, 0.15) is 0 Å². The van der Waals surface area contributed by atoms with Crippen molar-refractivity contribution in [1.29, 1.82) is 0 Å². The second-order valence-corrected chi connectivity index (χ2v) is 4.90. The van der Waals surface area contributed by atoms with Gasteiger partial charge in [0.05, 0.1) is 17.7 Å². The van der Waals surface area contributed by atoms with Gasteiger partial charge in [0, 0.05) is 24.0 Å². The molecule has 0 saturated heterocycles. The molecular formula is C12H14N2O2. The van der Waals surface area contributed by atoms with Crippen LogP contribution < -0.4 is 0 Å². The van der Waals surface area contributed by atoms with Crippen LogP contribution in [0.4, 0.5) is 0 Å². The molecule has 0 radical (unpaired) electrons. The van der Waals surface area contributed by atoms with Crippen LogP contribution in [0.3, 0.4) is 0 Å². The third kappa shape index (κ3) is 1.07. The molecule has 1 heterocycles. The summed E-state index contributed by atoms with van der Waals surface area (Å²) in [4.78, 5) is 20.1. The van der Waals surface area contributed by atoms with Gasteiger partial charge in [0.2, 0.25) is 0 Å². The third-order valence-corrected chi connectivity index (χ3v) is 3.85. The predicted molar refractivity (Wildman–Crippen MR) is 56.6 cm³/mol. The van der Waals surface area contributed by atoms with E-state index in [2.05, 4.69) is 9.97 Å². The summed E-state index contributed by atoms with van der Waals surface area (Å²) in [5.41, 5.74) is 0.968. The second-order valence-electron chi connectivity index (χ2n) is 4.90. The Morgan fingerprint density at radius 2 is 2.19 bits per heavy atom. The lowest BCUT2D eigenvalue weighted by Crippen LogP contribution is -2.68. The van der Waals surface area contributed by atoms with E-state index in [1.807, 2.05) is 13.1 Å². The molecule has 3 aliphatic rings. The van der Waals surface area contributed by atoms with E-state index in [4.69, 9.17) is 4.74 Å². The van der Waals surface area contributed by atoms with Crippen LogP contribution in [0.2, 0.25) is 0 Å². The topological polar surface area (TPSA) is 52.1 Å². The highest BCUT2D eigenvalue weighted by atomic mass is 16.5. The van der Waals surface area contributed by atoms with E-state index in [0.717, 1.165) is 25.0 Å². The molecule has 4 heteroatoms. The fourth-order valence-electron chi connectivity index (χ4n) is 3.13. The van der Waals surface area contributed by atoms with Gasteiger partial charge in [-0.1, -0.05) is 0 Å². The van der Waals surface area contributed by atoms with E-state index >= 15 is 0 Å². The molecule has 4 nitrogen and oxygen atoms in total. The minimum Gasteiger partial charge on any atom is -0.466 e. The largest absolute Gasteiger partial charge is 0.466 e. The molecular weight excluding hydrogens is 204 g/mol. The fraction of sp³-hybridized carbons (Fsp3) is 0.583. The molecule has 3 saturated carbocycles. The third-order valence-electron chi connectivity index (χ3n) is 3.85. The minimum atomic E-state index is -0.187. The number of rotatable bonds is 3. The molecule has 1 aromatic rings. The van der Waals surface area contributed by atoms with Gasteiger partial charge in [-0.25, -0.2) is 0 Å². The molecule has 1 aromatic heterocycles. The molecule has 2 bridgehead atoms. The van der Waals surface area contributed by atoms with Crippen LogP contribution in [0.15, 0.2) is 18.6 Å². The molecule has 0 atom stereocenters. The van der Waals surface area contributed by atoms with Gasteiger partial charge in [0.15, 0.2) is 0 Å². The Balaban J connectivity index is 1.72. The summed E-state index contributed by atoms with van der Waals surface area (Å²) in [6.07, 6.45) is 7.86. The molecule has 0 N–H and O–H groups in total. The number of ether oxygens (including phenoxy) is 1. The number of carbonyl (C=O) groups excluding carboxylic acids is 1. The van der Waals surface area contributed by atoms with Crippen LogP contribution in [0, 0.1) is 5.41 Å². The van der Waals surface area contributed by atoms with Gasteiger partial charge in [-0.3, -0.25) is 14.8 Å². The first-order chi connectivity index (χ1) is 7.71. The predicted octanol–water partition coefficient (Wildman–Crippen LogP) is 1.46. The maximum absolute atomic E-state index is 11.7. The molecule has 16 heavy (non-hydrogen) atoms. The zero-order chi connectivity index (χ0) is 11.2. The zero-order valence-electron chi connectivity index (χ0n) is 9.27. The Labute approximate surface area is 94.1 Å². The Kier molecular flexibility index (Phi) is 1.85. The number of nitrogens with zero attached hydrogens (tertiary/aromatic N) is 2. The highest BCUT2D eigenvalue weighted by molar-refractivity contribution is 5.82. The van der Waals surface area contributed by atoms with E-state index in [9.17, 15) is 4.79 Å². The van der Waals surface area contributed by atoms with Crippen LogP contribution in [0.25, 0.3) is 0 Å². The molecule has 0 spiro atoms. The first-order valence-electron chi connectivity index (χ1n) is 5.65. The normalized spacial score (nSPS) is 34.8. The van der Waals surface area contributed by atoms with Crippen molar-refractivity contribution in [2.24, 2.45) is 5.41 Å². The van der Waals surface area contributed by atoms with Crippen molar-refractivity contribution in [1.82, 2.24) is 9.97 Å². The second kappa shape index (κ2) is 3.03. The lowest BCUT2D eigenvalue weighted by atomic mass is 9.34. The molecule has 0 unspecified atom stereocenters. The summed E-state index contributed by atoms with van der Waals surface area (Å²) < 4.78 is 5.09. The van der Waals surface area contributed by atoms with Crippen LogP contribution >= 0.6 is 0 Å². The van der Waals surface area contributed by atoms with E-state index in [1.54, 1.807) is 12.4 Å². The van der Waals surface area contributed by atoms with Crippen LogP contribution in [0.5, 0.6) is 0 Å². The zero-order valence-corrected chi connectivity index (χ0v) is 9.27. The van der Waals surface area contributed by atoms with Crippen molar-refractivity contribution in [3.63, 3.8) is 0 Å². The molecule has 3 fully saturated rings. The minimum absolute atomic E-state index is 0.0271. The molecule has 0 aromatic carbocycles. The Morgan fingerprint density at radius 3 is 2.75 bits per heavy atom. The average molecular weight is 218 g/mol. The maximum Gasteiger partial charge on any atom is 0.312 e. The number of esters is 1. The fourth-order valence-corrected chi connectivity index (χ4v) is 3.13. The monoisotopic (exact) mass is 218 g/mol. The lowest BCUT2D eigenvalue weighted by molar-refractivity contribution is -0.201. The molecule has 0 amide bonds. The molecule has 3 aliphatic carbocycles. The Morgan fingerprint density at radius 1 is 1.44 bits per heavy atom.